The number of carbonyl (C=O) groups is 1. The maximum absolute atomic E-state index is 12.6. The number of rotatable bonds is 3. The minimum absolute atomic E-state index is 0.189. The summed E-state index contributed by atoms with van der Waals surface area (Å²) in [6, 6.07) is 4.42. The second-order valence-corrected chi connectivity index (χ2v) is 7.87. The third-order valence-electron chi connectivity index (χ3n) is 6.29. The molecule has 0 radical (unpaired) electrons. The highest BCUT2D eigenvalue weighted by atomic mass is 16.5. The van der Waals surface area contributed by atoms with E-state index in [4.69, 9.17) is 9.72 Å². The van der Waals surface area contributed by atoms with Gasteiger partial charge in [-0.25, -0.2) is 9.97 Å². The van der Waals surface area contributed by atoms with E-state index in [0.717, 1.165) is 56.5 Å². The van der Waals surface area contributed by atoms with E-state index in [0.29, 0.717) is 12.0 Å². The molecule has 138 valence electrons. The summed E-state index contributed by atoms with van der Waals surface area (Å²) in [7, 11) is 0. The van der Waals surface area contributed by atoms with Gasteiger partial charge in [-0.1, -0.05) is 6.42 Å². The second-order valence-electron chi connectivity index (χ2n) is 7.87. The standard InChI is InChI=1S/C20H26N4O2/c25-20(17-7-3-13-26-17)23-11-8-15(9-12-23)24-18(14-4-1-5-14)22-16-6-2-10-21-19(16)24/h2,6,10,14-15,17H,1,3-5,7-9,11-13H2. The van der Waals surface area contributed by atoms with Crippen molar-refractivity contribution < 1.29 is 9.53 Å². The minimum atomic E-state index is -0.201. The first kappa shape index (κ1) is 16.2. The quantitative estimate of drug-likeness (QED) is 0.850. The van der Waals surface area contributed by atoms with E-state index in [9.17, 15) is 4.79 Å². The Kier molecular flexibility index (Phi) is 4.15. The van der Waals surface area contributed by atoms with Crippen LogP contribution in [0, 0.1) is 0 Å². The van der Waals surface area contributed by atoms with Crippen LogP contribution in [0.5, 0.6) is 0 Å². The Hall–Kier alpha value is -1.95. The van der Waals surface area contributed by atoms with Gasteiger partial charge in [0.05, 0.1) is 0 Å². The molecule has 3 aliphatic rings. The van der Waals surface area contributed by atoms with Crippen LogP contribution < -0.4 is 0 Å². The number of aromatic nitrogens is 3. The lowest BCUT2D eigenvalue weighted by molar-refractivity contribution is -0.142. The first-order valence-electron chi connectivity index (χ1n) is 10.0. The maximum atomic E-state index is 12.6. The van der Waals surface area contributed by atoms with Crippen molar-refractivity contribution in [3.63, 3.8) is 0 Å². The van der Waals surface area contributed by atoms with Crippen molar-refractivity contribution in [2.45, 2.75) is 63.0 Å². The summed E-state index contributed by atoms with van der Waals surface area (Å²) in [5, 5.41) is 0. The fraction of sp³-hybridized carbons (Fsp3) is 0.650. The van der Waals surface area contributed by atoms with E-state index in [1.807, 2.05) is 17.2 Å². The smallest absolute Gasteiger partial charge is 0.251 e. The van der Waals surface area contributed by atoms with Gasteiger partial charge in [0.15, 0.2) is 5.65 Å². The van der Waals surface area contributed by atoms with Crippen LogP contribution in [0.1, 0.15) is 62.7 Å². The zero-order valence-electron chi connectivity index (χ0n) is 15.1. The monoisotopic (exact) mass is 354 g/mol. The SMILES string of the molecule is O=C(C1CCCO1)N1CCC(n2c(C3CCC3)nc3cccnc32)CC1. The van der Waals surface area contributed by atoms with E-state index >= 15 is 0 Å². The Morgan fingerprint density at radius 1 is 1.12 bits per heavy atom. The van der Waals surface area contributed by atoms with Gasteiger partial charge in [0.1, 0.15) is 17.4 Å². The third-order valence-corrected chi connectivity index (χ3v) is 6.29. The average molecular weight is 354 g/mol. The van der Waals surface area contributed by atoms with Crippen LogP contribution in [0.15, 0.2) is 18.3 Å². The Labute approximate surface area is 153 Å². The van der Waals surface area contributed by atoms with Crippen molar-refractivity contribution in [1.82, 2.24) is 19.4 Å². The van der Waals surface area contributed by atoms with E-state index in [1.165, 1.54) is 25.1 Å². The molecule has 2 aliphatic heterocycles. The summed E-state index contributed by atoms with van der Waals surface area (Å²) in [6.07, 6.45) is 9.26. The fourth-order valence-electron chi connectivity index (χ4n) is 4.58. The third kappa shape index (κ3) is 2.71. The van der Waals surface area contributed by atoms with E-state index < -0.39 is 0 Å². The summed E-state index contributed by atoms with van der Waals surface area (Å²) < 4.78 is 7.98. The molecule has 0 spiro atoms. The van der Waals surface area contributed by atoms with Gasteiger partial charge in [-0.2, -0.15) is 0 Å². The lowest BCUT2D eigenvalue weighted by Crippen LogP contribution is -2.44. The predicted molar refractivity (Wildman–Crippen MR) is 97.9 cm³/mol. The van der Waals surface area contributed by atoms with Crippen LogP contribution in [-0.4, -0.2) is 51.1 Å². The molecule has 0 bridgehead atoms. The lowest BCUT2D eigenvalue weighted by atomic mass is 9.84. The zero-order valence-corrected chi connectivity index (χ0v) is 15.1. The van der Waals surface area contributed by atoms with Gasteiger partial charge in [0.2, 0.25) is 0 Å². The van der Waals surface area contributed by atoms with Crippen molar-refractivity contribution in [3.05, 3.63) is 24.2 Å². The number of fused-ring (bicyclic) bond motifs is 1. The molecular weight excluding hydrogens is 328 g/mol. The molecule has 3 fully saturated rings. The molecule has 2 saturated heterocycles. The van der Waals surface area contributed by atoms with Gasteiger partial charge in [0.25, 0.3) is 5.91 Å². The van der Waals surface area contributed by atoms with E-state index in [-0.39, 0.29) is 12.0 Å². The topological polar surface area (TPSA) is 60.2 Å². The molecule has 1 saturated carbocycles. The van der Waals surface area contributed by atoms with Crippen molar-refractivity contribution in [2.24, 2.45) is 0 Å². The van der Waals surface area contributed by atoms with E-state index in [1.54, 1.807) is 0 Å². The summed E-state index contributed by atoms with van der Waals surface area (Å²) in [6.45, 7) is 2.34. The van der Waals surface area contributed by atoms with Crippen LogP contribution in [0.2, 0.25) is 0 Å². The molecule has 1 unspecified atom stereocenters. The summed E-state index contributed by atoms with van der Waals surface area (Å²) in [4.78, 5) is 24.2. The highest BCUT2D eigenvalue weighted by Crippen LogP contribution is 2.39. The molecule has 6 nitrogen and oxygen atoms in total. The Morgan fingerprint density at radius 3 is 2.65 bits per heavy atom. The fourth-order valence-corrected chi connectivity index (χ4v) is 4.58. The molecule has 0 aromatic carbocycles. The number of ether oxygens (including phenoxy) is 1. The number of likely N-dealkylation sites (tertiary alicyclic amines) is 1. The number of piperidine rings is 1. The Morgan fingerprint density at radius 2 is 1.96 bits per heavy atom. The highest BCUT2D eigenvalue weighted by molar-refractivity contribution is 5.81. The van der Waals surface area contributed by atoms with Gasteiger partial charge >= 0.3 is 0 Å². The van der Waals surface area contributed by atoms with Gasteiger partial charge in [-0.05, 0) is 50.7 Å². The minimum Gasteiger partial charge on any atom is -0.368 e. The number of hydrogen-bond acceptors (Lipinski definition) is 4. The first-order chi connectivity index (χ1) is 12.8. The largest absolute Gasteiger partial charge is 0.368 e. The second kappa shape index (κ2) is 6.65. The highest BCUT2D eigenvalue weighted by Gasteiger charge is 2.34. The Balaban J connectivity index is 1.37. The summed E-state index contributed by atoms with van der Waals surface area (Å²) in [5.41, 5.74) is 2.02. The maximum Gasteiger partial charge on any atom is 0.251 e. The number of hydrogen-bond donors (Lipinski definition) is 0. The molecule has 0 N–H and O–H groups in total. The van der Waals surface area contributed by atoms with Crippen LogP contribution in [0.25, 0.3) is 11.2 Å². The summed E-state index contributed by atoms with van der Waals surface area (Å²) >= 11 is 0. The predicted octanol–water partition coefficient (Wildman–Crippen LogP) is 3.04. The van der Waals surface area contributed by atoms with Gasteiger partial charge < -0.3 is 14.2 Å². The first-order valence-corrected chi connectivity index (χ1v) is 10.0. The Bertz CT molecular complexity index is 799. The number of nitrogens with zero attached hydrogens (tertiary/aromatic N) is 4. The van der Waals surface area contributed by atoms with Crippen molar-refractivity contribution in [3.8, 4) is 0 Å². The molecule has 5 rings (SSSR count). The molecule has 6 heteroatoms. The number of amides is 1. The number of imidazole rings is 1. The van der Waals surface area contributed by atoms with Crippen LogP contribution >= 0.6 is 0 Å². The van der Waals surface area contributed by atoms with E-state index in [2.05, 4.69) is 15.6 Å². The molecule has 26 heavy (non-hydrogen) atoms. The van der Waals surface area contributed by atoms with Crippen molar-refractivity contribution in [1.29, 1.82) is 0 Å². The summed E-state index contributed by atoms with van der Waals surface area (Å²) in [5.74, 6) is 1.98. The van der Waals surface area contributed by atoms with Crippen molar-refractivity contribution in [2.75, 3.05) is 19.7 Å². The molecule has 1 aliphatic carbocycles. The molecular formula is C20H26N4O2. The van der Waals surface area contributed by atoms with Gasteiger partial charge in [-0.3, -0.25) is 4.79 Å². The normalized spacial score (nSPS) is 24.9. The average Bonchev–Trinajstić information content (AvgIpc) is 3.28. The van der Waals surface area contributed by atoms with Crippen LogP contribution in [0.3, 0.4) is 0 Å². The number of pyridine rings is 1. The molecule has 1 amide bonds. The molecule has 2 aromatic heterocycles. The van der Waals surface area contributed by atoms with Crippen LogP contribution in [0.4, 0.5) is 0 Å². The molecule has 2 aromatic rings. The molecule has 4 heterocycles. The van der Waals surface area contributed by atoms with Crippen molar-refractivity contribution >= 4 is 17.1 Å². The van der Waals surface area contributed by atoms with Crippen LogP contribution in [-0.2, 0) is 9.53 Å². The number of carbonyl (C=O) groups excluding carboxylic acids is 1. The zero-order chi connectivity index (χ0) is 17.5. The van der Waals surface area contributed by atoms with Gasteiger partial charge in [0, 0.05) is 37.9 Å². The lowest BCUT2D eigenvalue weighted by Gasteiger charge is -2.36. The molecule has 1 atom stereocenters. The van der Waals surface area contributed by atoms with Gasteiger partial charge in [-0.15, -0.1) is 0 Å².